The van der Waals surface area contributed by atoms with Crippen molar-refractivity contribution in [2.45, 2.75) is 19.8 Å². The van der Waals surface area contributed by atoms with Crippen LogP contribution in [0.5, 0.6) is 0 Å². The minimum atomic E-state index is 0.957. The van der Waals surface area contributed by atoms with Crippen LogP contribution in [0.3, 0.4) is 0 Å². The average molecular weight is 313 g/mol. The normalized spacial score (nSPS) is 12.1. The number of rotatable bonds is 2. The molecule has 0 unspecified atom stereocenters. The fraction of sp³-hybridized carbons (Fsp3) is 0.182. The Kier molecular flexibility index (Phi) is 2.78. The minimum absolute atomic E-state index is 0.957. The molecular formula is C22H19NO. The highest BCUT2D eigenvalue weighted by Crippen LogP contribution is 2.39. The van der Waals surface area contributed by atoms with Gasteiger partial charge in [-0.05, 0) is 36.2 Å². The number of hydrogen-bond acceptors (Lipinski definition) is 1. The first-order chi connectivity index (χ1) is 11.8. The number of benzene rings is 3. The summed E-state index contributed by atoms with van der Waals surface area (Å²) in [6.07, 6.45) is 2.27. The summed E-state index contributed by atoms with van der Waals surface area (Å²) in [5, 5.41) is 5.14. The molecule has 2 heteroatoms. The van der Waals surface area contributed by atoms with E-state index in [1.807, 2.05) is 12.1 Å². The Morgan fingerprint density at radius 2 is 1.71 bits per heavy atom. The highest BCUT2D eigenvalue weighted by atomic mass is 16.3. The molecule has 0 amide bonds. The van der Waals surface area contributed by atoms with Gasteiger partial charge in [-0.3, -0.25) is 0 Å². The SMILES string of the molecule is CCCc1cccc2c1c1ccc3oc4ccccc4c3c1n2C. The average Bonchev–Trinajstić information content (AvgIpc) is 3.12. The summed E-state index contributed by atoms with van der Waals surface area (Å²) in [6, 6.07) is 19.3. The third-order valence-electron chi connectivity index (χ3n) is 5.13. The van der Waals surface area contributed by atoms with E-state index in [-0.39, 0.29) is 0 Å². The molecule has 0 atom stereocenters. The number of hydrogen-bond donors (Lipinski definition) is 0. The second-order valence-electron chi connectivity index (χ2n) is 6.55. The van der Waals surface area contributed by atoms with Gasteiger partial charge >= 0.3 is 0 Å². The molecule has 3 aromatic carbocycles. The predicted molar refractivity (Wildman–Crippen MR) is 102 cm³/mol. The quantitative estimate of drug-likeness (QED) is 0.380. The van der Waals surface area contributed by atoms with Crippen molar-refractivity contribution in [3.05, 3.63) is 60.2 Å². The molecule has 2 heterocycles. The molecule has 0 spiro atoms. The topological polar surface area (TPSA) is 18.1 Å². The van der Waals surface area contributed by atoms with Crippen molar-refractivity contribution in [3.8, 4) is 0 Å². The Labute approximate surface area is 140 Å². The van der Waals surface area contributed by atoms with Crippen molar-refractivity contribution in [2.24, 2.45) is 7.05 Å². The van der Waals surface area contributed by atoms with Crippen LogP contribution in [0.15, 0.2) is 59.0 Å². The van der Waals surface area contributed by atoms with E-state index in [1.54, 1.807) is 0 Å². The fourth-order valence-electron chi connectivity index (χ4n) is 4.12. The van der Waals surface area contributed by atoms with Gasteiger partial charge in [0, 0.05) is 28.7 Å². The van der Waals surface area contributed by atoms with Gasteiger partial charge in [-0.1, -0.05) is 43.7 Å². The Bertz CT molecular complexity index is 1220. The molecule has 118 valence electrons. The molecule has 0 N–H and O–H groups in total. The summed E-state index contributed by atoms with van der Waals surface area (Å²) in [5.41, 5.74) is 5.93. The van der Waals surface area contributed by atoms with E-state index in [9.17, 15) is 0 Å². The van der Waals surface area contributed by atoms with Crippen molar-refractivity contribution in [3.63, 3.8) is 0 Å². The Morgan fingerprint density at radius 1 is 0.833 bits per heavy atom. The number of furan rings is 1. The van der Waals surface area contributed by atoms with Crippen molar-refractivity contribution >= 4 is 43.7 Å². The van der Waals surface area contributed by atoms with Gasteiger partial charge in [-0.25, -0.2) is 0 Å². The van der Waals surface area contributed by atoms with Gasteiger partial charge in [0.2, 0.25) is 0 Å². The van der Waals surface area contributed by atoms with Crippen molar-refractivity contribution in [1.29, 1.82) is 0 Å². The number of fused-ring (bicyclic) bond motifs is 7. The molecule has 2 nitrogen and oxygen atoms in total. The van der Waals surface area contributed by atoms with Crippen LogP contribution >= 0.6 is 0 Å². The van der Waals surface area contributed by atoms with Crippen LogP contribution < -0.4 is 0 Å². The first kappa shape index (κ1) is 13.7. The van der Waals surface area contributed by atoms with E-state index >= 15 is 0 Å². The molecule has 0 aliphatic rings. The third kappa shape index (κ3) is 1.66. The van der Waals surface area contributed by atoms with Gasteiger partial charge in [-0.2, -0.15) is 0 Å². The lowest BCUT2D eigenvalue weighted by Gasteiger charge is -2.02. The van der Waals surface area contributed by atoms with E-state index in [4.69, 9.17) is 4.42 Å². The lowest BCUT2D eigenvalue weighted by Crippen LogP contribution is -1.88. The first-order valence-electron chi connectivity index (χ1n) is 8.60. The smallest absolute Gasteiger partial charge is 0.137 e. The van der Waals surface area contributed by atoms with Crippen LogP contribution in [-0.4, -0.2) is 4.57 Å². The van der Waals surface area contributed by atoms with Gasteiger partial charge in [0.1, 0.15) is 11.2 Å². The van der Waals surface area contributed by atoms with E-state index in [1.165, 1.54) is 38.1 Å². The predicted octanol–water partition coefficient (Wildman–Crippen LogP) is 6.18. The van der Waals surface area contributed by atoms with Gasteiger partial charge in [0.25, 0.3) is 0 Å². The summed E-state index contributed by atoms with van der Waals surface area (Å²) >= 11 is 0. The molecule has 24 heavy (non-hydrogen) atoms. The number of nitrogens with zero attached hydrogens (tertiary/aromatic N) is 1. The van der Waals surface area contributed by atoms with E-state index < -0.39 is 0 Å². The third-order valence-corrected chi connectivity index (χ3v) is 5.13. The Morgan fingerprint density at radius 3 is 2.58 bits per heavy atom. The lowest BCUT2D eigenvalue weighted by molar-refractivity contribution is 0.669. The van der Waals surface area contributed by atoms with Gasteiger partial charge in [-0.15, -0.1) is 0 Å². The molecule has 0 saturated carbocycles. The van der Waals surface area contributed by atoms with Crippen LogP contribution in [0, 0.1) is 0 Å². The van der Waals surface area contributed by atoms with Gasteiger partial charge in [0.05, 0.1) is 10.9 Å². The first-order valence-corrected chi connectivity index (χ1v) is 8.60. The largest absolute Gasteiger partial charge is 0.456 e. The van der Waals surface area contributed by atoms with Crippen LogP contribution in [0.1, 0.15) is 18.9 Å². The van der Waals surface area contributed by atoms with Crippen molar-refractivity contribution in [2.75, 3.05) is 0 Å². The molecule has 2 aromatic heterocycles. The number of aromatic nitrogens is 1. The minimum Gasteiger partial charge on any atom is -0.456 e. The van der Waals surface area contributed by atoms with Gasteiger partial charge < -0.3 is 8.98 Å². The van der Waals surface area contributed by atoms with Crippen LogP contribution in [0.2, 0.25) is 0 Å². The molecule has 0 saturated heterocycles. The van der Waals surface area contributed by atoms with Crippen LogP contribution in [-0.2, 0) is 13.5 Å². The molecule has 0 radical (unpaired) electrons. The number of para-hydroxylation sites is 1. The fourth-order valence-corrected chi connectivity index (χ4v) is 4.12. The van der Waals surface area contributed by atoms with E-state index in [2.05, 4.69) is 61.0 Å². The van der Waals surface area contributed by atoms with Crippen molar-refractivity contribution in [1.82, 2.24) is 4.57 Å². The molecular weight excluding hydrogens is 294 g/mol. The molecule has 0 bridgehead atoms. The Balaban J connectivity index is 2.07. The standard InChI is InChI=1S/C22H19NO/c1-3-7-14-8-6-10-17-20(14)16-12-13-19-21(22(16)23(17)2)15-9-4-5-11-18(15)24-19/h4-6,8-13H,3,7H2,1-2H3. The Hall–Kier alpha value is -2.74. The van der Waals surface area contributed by atoms with Crippen LogP contribution in [0.25, 0.3) is 43.7 Å². The summed E-state index contributed by atoms with van der Waals surface area (Å²) < 4.78 is 8.40. The highest BCUT2D eigenvalue weighted by Gasteiger charge is 2.17. The molecule has 0 aliphatic carbocycles. The maximum absolute atomic E-state index is 6.08. The summed E-state index contributed by atoms with van der Waals surface area (Å²) in [6.45, 7) is 2.24. The molecule has 0 fully saturated rings. The lowest BCUT2D eigenvalue weighted by atomic mass is 10.0. The zero-order valence-corrected chi connectivity index (χ0v) is 14.0. The second kappa shape index (κ2) is 4.88. The maximum atomic E-state index is 6.08. The van der Waals surface area contributed by atoms with E-state index in [0.717, 1.165) is 24.0 Å². The molecule has 0 aliphatic heterocycles. The van der Waals surface area contributed by atoms with Crippen LogP contribution in [0.4, 0.5) is 0 Å². The molecule has 5 rings (SSSR count). The number of aryl methyl sites for hydroxylation is 2. The van der Waals surface area contributed by atoms with E-state index in [0.29, 0.717) is 0 Å². The van der Waals surface area contributed by atoms with Gasteiger partial charge in [0.15, 0.2) is 0 Å². The molecule has 5 aromatic rings. The second-order valence-corrected chi connectivity index (χ2v) is 6.55. The zero-order valence-electron chi connectivity index (χ0n) is 14.0. The van der Waals surface area contributed by atoms with Crippen molar-refractivity contribution < 1.29 is 4.42 Å². The summed E-state index contributed by atoms with van der Waals surface area (Å²) in [4.78, 5) is 0. The zero-order chi connectivity index (χ0) is 16.3. The summed E-state index contributed by atoms with van der Waals surface area (Å²) in [7, 11) is 2.17. The maximum Gasteiger partial charge on any atom is 0.137 e. The summed E-state index contributed by atoms with van der Waals surface area (Å²) in [5.74, 6) is 0. The monoisotopic (exact) mass is 313 g/mol. The highest BCUT2D eigenvalue weighted by molar-refractivity contribution is 6.24.